The van der Waals surface area contributed by atoms with Crippen LogP contribution >= 0.6 is 12.2 Å². The van der Waals surface area contributed by atoms with E-state index < -0.39 is 11.5 Å². The van der Waals surface area contributed by atoms with E-state index in [4.69, 9.17) is 30.8 Å². The summed E-state index contributed by atoms with van der Waals surface area (Å²) >= 11 is 5.29. The Balaban J connectivity index is 1.34. The van der Waals surface area contributed by atoms with Gasteiger partial charge in [-0.25, -0.2) is 4.79 Å². The van der Waals surface area contributed by atoms with Crippen molar-refractivity contribution in [1.29, 1.82) is 0 Å². The molecule has 9 heteroatoms. The van der Waals surface area contributed by atoms with Gasteiger partial charge in [-0.2, -0.15) is 0 Å². The minimum absolute atomic E-state index is 0.0997. The molecule has 0 spiro atoms. The lowest BCUT2D eigenvalue weighted by Gasteiger charge is -2.13. The Morgan fingerprint density at radius 2 is 1.79 bits per heavy atom. The van der Waals surface area contributed by atoms with Gasteiger partial charge in [0.1, 0.15) is 11.3 Å². The third-order valence-corrected chi connectivity index (χ3v) is 5.46. The first-order valence-corrected chi connectivity index (χ1v) is 10.7. The fourth-order valence-corrected chi connectivity index (χ4v) is 3.83. The van der Waals surface area contributed by atoms with Gasteiger partial charge in [0.05, 0.1) is 12.7 Å². The Bertz CT molecular complexity index is 1500. The maximum Gasteiger partial charge on any atom is 0.344 e. The molecule has 170 valence electrons. The number of hydrogen-bond acceptors (Lipinski definition) is 7. The van der Waals surface area contributed by atoms with Gasteiger partial charge in [0, 0.05) is 28.3 Å². The van der Waals surface area contributed by atoms with Crippen LogP contribution in [0.2, 0.25) is 0 Å². The van der Waals surface area contributed by atoms with E-state index in [1.54, 1.807) is 54.6 Å². The first kappa shape index (κ1) is 21.5. The molecule has 0 bridgehead atoms. The zero-order chi connectivity index (χ0) is 23.7. The molecular formula is C25H18N2O6S. The largest absolute Gasteiger partial charge is 0.496 e. The highest BCUT2D eigenvalue weighted by atomic mass is 32.1. The molecule has 2 heterocycles. The van der Waals surface area contributed by atoms with Crippen LogP contribution in [0, 0.1) is 0 Å². The molecule has 0 atom stereocenters. The third kappa shape index (κ3) is 4.16. The van der Waals surface area contributed by atoms with Gasteiger partial charge in [-0.3, -0.25) is 10.1 Å². The highest BCUT2D eigenvalue weighted by Crippen LogP contribution is 2.33. The number of rotatable bonds is 4. The van der Waals surface area contributed by atoms with Crippen molar-refractivity contribution in [3.05, 3.63) is 82.7 Å². The minimum atomic E-state index is -0.468. The van der Waals surface area contributed by atoms with Crippen LogP contribution in [-0.4, -0.2) is 24.9 Å². The molecule has 5 rings (SSSR count). The van der Waals surface area contributed by atoms with Crippen molar-refractivity contribution in [3.8, 4) is 28.4 Å². The second-order valence-corrected chi connectivity index (χ2v) is 7.78. The predicted octanol–water partition coefficient (Wildman–Crippen LogP) is 4.32. The summed E-state index contributed by atoms with van der Waals surface area (Å²) < 4.78 is 21.5. The van der Waals surface area contributed by atoms with Crippen LogP contribution in [0.15, 0.2) is 75.9 Å². The van der Waals surface area contributed by atoms with Crippen LogP contribution in [0.5, 0.6) is 17.2 Å². The number of para-hydroxylation sites is 1. The summed E-state index contributed by atoms with van der Waals surface area (Å²) in [6.45, 7) is 0.124. The van der Waals surface area contributed by atoms with E-state index >= 15 is 0 Å². The number of methoxy groups -OCH3 is 1. The topological polar surface area (TPSA) is 99.0 Å². The third-order valence-electron chi connectivity index (χ3n) is 5.25. The van der Waals surface area contributed by atoms with Crippen LogP contribution in [0.25, 0.3) is 22.1 Å². The van der Waals surface area contributed by atoms with Crippen LogP contribution < -0.4 is 30.5 Å². The molecule has 0 unspecified atom stereocenters. The van der Waals surface area contributed by atoms with Gasteiger partial charge in [-0.1, -0.05) is 18.2 Å². The quantitative estimate of drug-likeness (QED) is 0.333. The molecule has 1 aliphatic rings. The number of fused-ring (bicyclic) bond motifs is 2. The summed E-state index contributed by atoms with van der Waals surface area (Å²) in [6, 6.07) is 19.1. The molecule has 0 fully saturated rings. The molecule has 0 aliphatic carbocycles. The number of ether oxygens (including phenoxy) is 3. The summed E-state index contributed by atoms with van der Waals surface area (Å²) in [7, 11) is 1.50. The van der Waals surface area contributed by atoms with Crippen molar-refractivity contribution in [3.63, 3.8) is 0 Å². The molecule has 1 aliphatic heterocycles. The Hall–Kier alpha value is -4.37. The van der Waals surface area contributed by atoms with Crippen molar-refractivity contribution in [2.24, 2.45) is 0 Å². The maximum absolute atomic E-state index is 12.6. The number of anilines is 1. The molecule has 0 saturated carbocycles. The van der Waals surface area contributed by atoms with Gasteiger partial charge in [0.25, 0.3) is 5.91 Å². The number of amides is 1. The van der Waals surface area contributed by atoms with Gasteiger partial charge >= 0.3 is 5.63 Å². The Labute approximate surface area is 199 Å². The molecule has 0 radical (unpaired) electrons. The fraction of sp³-hybridized carbons (Fsp3) is 0.0800. The molecule has 2 N–H and O–H groups in total. The first-order chi connectivity index (χ1) is 16.5. The number of carbonyl (C=O) groups excluding carboxylic acids is 1. The highest BCUT2D eigenvalue weighted by Gasteiger charge is 2.17. The summed E-state index contributed by atoms with van der Waals surface area (Å²) in [5.74, 6) is 1.14. The summed E-state index contributed by atoms with van der Waals surface area (Å²) in [6.07, 6.45) is 0. The van der Waals surface area contributed by atoms with E-state index in [0.29, 0.717) is 45.2 Å². The summed E-state index contributed by atoms with van der Waals surface area (Å²) in [5, 5.41) is 6.48. The molecule has 3 aromatic carbocycles. The SMILES string of the molecule is COc1cc(NC(=S)NC(=O)c2ccc3c(c2)OCO3)ccc1-c1cc2ccccc2oc1=O. The van der Waals surface area contributed by atoms with Gasteiger partial charge in [-0.15, -0.1) is 0 Å². The first-order valence-electron chi connectivity index (χ1n) is 10.2. The fourth-order valence-electron chi connectivity index (χ4n) is 3.62. The highest BCUT2D eigenvalue weighted by molar-refractivity contribution is 7.80. The summed E-state index contributed by atoms with van der Waals surface area (Å²) in [5.41, 5.74) is 1.94. The second-order valence-electron chi connectivity index (χ2n) is 7.38. The smallest absolute Gasteiger partial charge is 0.344 e. The van der Waals surface area contributed by atoms with Crippen LogP contribution in [0.4, 0.5) is 5.69 Å². The van der Waals surface area contributed by atoms with Crippen molar-refractivity contribution in [1.82, 2.24) is 5.32 Å². The molecule has 34 heavy (non-hydrogen) atoms. The Morgan fingerprint density at radius 3 is 2.65 bits per heavy atom. The average Bonchev–Trinajstić information content (AvgIpc) is 3.31. The van der Waals surface area contributed by atoms with Gasteiger partial charge in [0.15, 0.2) is 16.6 Å². The number of thiocarbonyl (C=S) groups is 1. The van der Waals surface area contributed by atoms with Gasteiger partial charge in [0.2, 0.25) is 6.79 Å². The van der Waals surface area contributed by atoms with Crippen molar-refractivity contribution >= 4 is 39.9 Å². The van der Waals surface area contributed by atoms with E-state index in [-0.39, 0.29) is 11.9 Å². The molecular weight excluding hydrogens is 456 g/mol. The standard InChI is InChI=1S/C25H18N2O6S/c1-30-21-12-16(7-8-17(21)18-10-14-4-2-3-5-19(14)33-24(18)29)26-25(34)27-23(28)15-6-9-20-22(11-15)32-13-31-20/h2-12H,13H2,1H3,(H2,26,27,28,34). The number of carbonyl (C=O) groups is 1. The number of nitrogens with one attached hydrogen (secondary N) is 2. The predicted molar refractivity (Wildman–Crippen MR) is 131 cm³/mol. The zero-order valence-corrected chi connectivity index (χ0v) is 18.7. The normalized spacial score (nSPS) is 11.8. The Morgan fingerprint density at radius 1 is 0.971 bits per heavy atom. The van der Waals surface area contributed by atoms with E-state index in [1.807, 2.05) is 12.1 Å². The van der Waals surface area contributed by atoms with Crippen molar-refractivity contribution in [2.75, 3.05) is 19.2 Å². The van der Waals surface area contributed by atoms with E-state index in [9.17, 15) is 9.59 Å². The molecule has 1 aromatic heterocycles. The molecule has 4 aromatic rings. The van der Waals surface area contributed by atoms with Gasteiger partial charge in [-0.05, 0) is 54.7 Å². The Kier molecular flexibility index (Phi) is 5.60. The van der Waals surface area contributed by atoms with Crippen molar-refractivity contribution in [2.45, 2.75) is 0 Å². The lowest BCUT2D eigenvalue weighted by molar-refractivity contribution is 0.0977. The van der Waals surface area contributed by atoms with Gasteiger partial charge < -0.3 is 23.9 Å². The summed E-state index contributed by atoms with van der Waals surface area (Å²) in [4.78, 5) is 25.1. The molecule has 1 amide bonds. The average molecular weight is 474 g/mol. The van der Waals surface area contributed by atoms with E-state index in [2.05, 4.69) is 10.6 Å². The lowest BCUT2D eigenvalue weighted by atomic mass is 10.0. The second kappa shape index (κ2) is 8.87. The van der Waals surface area contributed by atoms with E-state index in [0.717, 1.165) is 5.39 Å². The van der Waals surface area contributed by atoms with E-state index in [1.165, 1.54) is 7.11 Å². The lowest BCUT2D eigenvalue weighted by Crippen LogP contribution is -2.34. The zero-order valence-electron chi connectivity index (χ0n) is 17.9. The number of benzene rings is 3. The van der Waals surface area contributed by atoms with Crippen LogP contribution in [0.3, 0.4) is 0 Å². The monoisotopic (exact) mass is 474 g/mol. The number of hydrogen-bond donors (Lipinski definition) is 2. The van der Waals surface area contributed by atoms with Crippen LogP contribution in [-0.2, 0) is 0 Å². The molecule has 8 nitrogen and oxygen atoms in total. The molecule has 0 saturated heterocycles. The maximum atomic E-state index is 12.6. The van der Waals surface area contributed by atoms with Crippen LogP contribution in [0.1, 0.15) is 10.4 Å². The van der Waals surface area contributed by atoms with Crippen molar-refractivity contribution < 1.29 is 23.4 Å². The minimum Gasteiger partial charge on any atom is -0.496 e.